The van der Waals surface area contributed by atoms with Crippen LogP contribution in [0.5, 0.6) is 0 Å². The molecule has 2 aliphatic heterocycles. The van der Waals surface area contributed by atoms with E-state index in [1.165, 1.54) is 4.90 Å². The van der Waals surface area contributed by atoms with Crippen molar-refractivity contribution in [1.29, 1.82) is 0 Å². The Kier molecular flexibility index (Phi) is 4.10. The molecule has 136 valence electrons. The van der Waals surface area contributed by atoms with E-state index in [1.54, 1.807) is 14.1 Å². The summed E-state index contributed by atoms with van der Waals surface area (Å²) in [6.45, 7) is 3.77. The van der Waals surface area contributed by atoms with Crippen LogP contribution in [0.25, 0.3) is 0 Å². The average molecular weight is 348 g/mol. The monoisotopic (exact) mass is 348 g/mol. The van der Waals surface area contributed by atoms with Crippen molar-refractivity contribution >= 4 is 11.9 Å². The van der Waals surface area contributed by atoms with Crippen molar-refractivity contribution in [2.45, 2.75) is 26.1 Å². The molecule has 3 heterocycles. The lowest BCUT2D eigenvalue weighted by Crippen LogP contribution is -2.34. The van der Waals surface area contributed by atoms with Gasteiger partial charge in [0.25, 0.3) is 0 Å². The zero-order chi connectivity index (χ0) is 17.6. The molecule has 3 aliphatic rings. The molecular formula is C16H24N6O3. The summed E-state index contributed by atoms with van der Waals surface area (Å²) in [7, 11) is 3.39. The zero-order valence-electron chi connectivity index (χ0n) is 14.6. The summed E-state index contributed by atoms with van der Waals surface area (Å²) in [5.41, 5.74) is 0. The van der Waals surface area contributed by atoms with Gasteiger partial charge < -0.3 is 24.4 Å². The average Bonchev–Trinajstić information content (AvgIpc) is 2.94. The third-order valence-corrected chi connectivity index (χ3v) is 5.40. The highest BCUT2D eigenvalue weighted by molar-refractivity contribution is 5.82. The fraction of sp³-hybridized carbons (Fsp3) is 0.750. The highest BCUT2D eigenvalue weighted by Gasteiger charge is 2.58. The van der Waals surface area contributed by atoms with Crippen LogP contribution in [0, 0.1) is 17.8 Å². The third kappa shape index (κ3) is 2.97. The van der Waals surface area contributed by atoms with Gasteiger partial charge >= 0.3 is 6.03 Å². The topological polar surface area (TPSA) is 92.6 Å². The van der Waals surface area contributed by atoms with Gasteiger partial charge in [0.15, 0.2) is 11.6 Å². The van der Waals surface area contributed by atoms with Crippen LogP contribution in [0.2, 0.25) is 0 Å². The number of carbonyl (C=O) groups excluding carboxylic acids is 2. The normalized spacial score (nSPS) is 27.3. The van der Waals surface area contributed by atoms with E-state index in [4.69, 9.17) is 4.74 Å². The smallest absolute Gasteiger partial charge is 0.317 e. The first-order valence-corrected chi connectivity index (χ1v) is 8.79. The quantitative estimate of drug-likeness (QED) is 0.808. The number of urea groups is 1. The van der Waals surface area contributed by atoms with Crippen LogP contribution in [0.15, 0.2) is 0 Å². The molecule has 1 unspecified atom stereocenters. The van der Waals surface area contributed by atoms with E-state index in [1.807, 2.05) is 9.47 Å². The lowest BCUT2D eigenvalue weighted by Gasteiger charge is -2.20. The number of aromatic nitrogens is 3. The van der Waals surface area contributed by atoms with Gasteiger partial charge in [0.05, 0.1) is 26.3 Å². The summed E-state index contributed by atoms with van der Waals surface area (Å²) in [4.78, 5) is 27.9. The molecule has 0 aromatic carbocycles. The Labute approximate surface area is 146 Å². The maximum Gasteiger partial charge on any atom is 0.317 e. The second kappa shape index (κ2) is 6.29. The Hall–Kier alpha value is -2.16. The fourth-order valence-corrected chi connectivity index (χ4v) is 3.87. The van der Waals surface area contributed by atoms with Crippen LogP contribution in [0.4, 0.5) is 4.79 Å². The molecule has 0 bridgehead atoms. The van der Waals surface area contributed by atoms with Crippen LogP contribution >= 0.6 is 0 Å². The summed E-state index contributed by atoms with van der Waals surface area (Å²) in [6, 6.07) is -0.162. The molecule has 1 aromatic heterocycles. The molecule has 0 spiro atoms. The first-order chi connectivity index (χ1) is 12.1. The van der Waals surface area contributed by atoms with E-state index in [9.17, 15) is 9.59 Å². The van der Waals surface area contributed by atoms with Crippen molar-refractivity contribution < 1.29 is 14.3 Å². The Bertz CT molecular complexity index is 677. The van der Waals surface area contributed by atoms with Crippen LogP contribution < -0.4 is 5.32 Å². The van der Waals surface area contributed by atoms with E-state index in [-0.39, 0.29) is 17.9 Å². The van der Waals surface area contributed by atoms with Gasteiger partial charge in [0, 0.05) is 33.1 Å². The first kappa shape index (κ1) is 16.3. The minimum absolute atomic E-state index is 0.141. The number of amides is 3. The standard InChI is InChI=1S/C16H24N6O3/c1-20(2)16(24)17-6-12-18-19-13-7-21(4-3-5-22(12)13)15(23)14-10-8-25-9-11(10)14/h10-11,14H,3-9H2,1-2H3,(H,17,24)/t10-,11+,14?. The first-order valence-electron chi connectivity index (χ1n) is 8.79. The summed E-state index contributed by atoms with van der Waals surface area (Å²) in [5, 5.41) is 11.3. The number of nitrogens with one attached hydrogen (secondary N) is 1. The summed E-state index contributed by atoms with van der Waals surface area (Å²) in [5.74, 6) is 2.74. The Morgan fingerprint density at radius 1 is 1.24 bits per heavy atom. The van der Waals surface area contributed by atoms with Crippen molar-refractivity contribution in [1.82, 2.24) is 29.9 Å². The predicted octanol–water partition coefficient (Wildman–Crippen LogP) is -0.326. The molecule has 9 heteroatoms. The van der Waals surface area contributed by atoms with E-state index in [0.29, 0.717) is 24.9 Å². The molecular weight excluding hydrogens is 324 g/mol. The van der Waals surface area contributed by atoms with Crippen LogP contribution in [-0.4, -0.2) is 70.4 Å². The number of nitrogens with zero attached hydrogens (tertiary/aromatic N) is 5. The Morgan fingerprint density at radius 2 is 2.00 bits per heavy atom. The molecule has 1 saturated heterocycles. The molecule has 4 rings (SSSR count). The molecule has 1 N–H and O–H groups in total. The lowest BCUT2D eigenvalue weighted by molar-refractivity contribution is -0.134. The molecule has 1 aromatic rings. The van der Waals surface area contributed by atoms with Gasteiger partial charge in [0.1, 0.15) is 0 Å². The minimum atomic E-state index is -0.162. The molecule has 9 nitrogen and oxygen atoms in total. The number of carbonyl (C=O) groups is 2. The highest BCUT2D eigenvalue weighted by atomic mass is 16.5. The fourth-order valence-electron chi connectivity index (χ4n) is 3.87. The van der Waals surface area contributed by atoms with Crippen LogP contribution in [-0.2, 0) is 29.2 Å². The van der Waals surface area contributed by atoms with Gasteiger partial charge in [-0.15, -0.1) is 10.2 Å². The summed E-state index contributed by atoms with van der Waals surface area (Å²) < 4.78 is 7.41. The Balaban J connectivity index is 1.41. The molecule has 3 amide bonds. The van der Waals surface area contributed by atoms with Gasteiger partial charge in [-0.05, 0) is 18.3 Å². The van der Waals surface area contributed by atoms with Gasteiger partial charge in [-0.1, -0.05) is 0 Å². The molecule has 2 fully saturated rings. The Morgan fingerprint density at radius 3 is 2.72 bits per heavy atom. The zero-order valence-corrected chi connectivity index (χ0v) is 14.6. The van der Waals surface area contributed by atoms with Gasteiger partial charge in [-0.3, -0.25) is 4.79 Å². The summed E-state index contributed by atoms with van der Waals surface area (Å²) in [6.07, 6.45) is 0.865. The van der Waals surface area contributed by atoms with Gasteiger partial charge in [-0.2, -0.15) is 0 Å². The van der Waals surface area contributed by atoms with Gasteiger partial charge in [0.2, 0.25) is 5.91 Å². The largest absolute Gasteiger partial charge is 0.381 e. The minimum Gasteiger partial charge on any atom is -0.381 e. The van der Waals surface area contributed by atoms with E-state index >= 15 is 0 Å². The van der Waals surface area contributed by atoms with Crippen molar-refractivity contribution in [2.75, 3.05) is 33.9 Å². The van der Waals surface area contributed by atoms with Crippen LogP contribution in [0.1, 0.15) is 18.1 Å². The summed E-state index contributed by atoms with van der Waals surface area (Å²) >= 11 is 0. The second-order valence-electron chi connectivity index (χ2n) is 7.24. The lowest BCUT2D eigenvalue weighted by atomic mass is 10.2. The van der Waals surface area contributed by atoms with E-state index in [2.05, 4.69) is 15.5 Å². The van der Waals surface area contributed by atoms with E-state index < -0.39 is 0 Å². The van der Waals surface area contributed by atoms with Crippen molar-refractivity contribution in [3.8, 4) is 0 Å². The second-order valence-corrected chi connectivity index (χ2v) is 7.24. The number of ether oxygens (including phenoxy) is 1. The van der Waals surface area contributed by atoms with Crippen molar-refractivity contribution in [3.63, 3.8) is 0 Å². The molecule has 1 aliphatic carbocycles. The number of hydrogen-bond donors (Lipinski definition) is 1. The van der Waals surface area contributed by atoms with Crippen molar-refractivity contribution in [3.05, 3.63) is 11.6 Å². The van der Waals surface area contributed by atoms with Crippen molar-refractivity contribution in [2.24, 2.45) is 17.8 Å². The maximum atomic E-state index is 12.8. The SMILES string of the molecule is CN(C)C(=O)NCc1nnc2n1CCCN(C(=O)C1[C@H]3COC[C@@H]13)C2. The molecule has 25 heavy (non-hydrogen) atoms. The number of hydrogen-bond acceptors (Lipinski definition) is 5. The highest BCUT2D eigenvalue weighted by Crippen LogP contribution is 2.51. The number of fused-ring (bicyclic) bond motifs is 2. The molecule has 0 radical (unpaired) electrons. The molecule has 3 atom stereocenters. The maximum absolute atomic E-state index is 12.8. The van der Waals surface area contributed by atoms with E-state index in [0.717, 1.165) is 44.4 Å². The van der Waals surface area contributed by atoms with Crippen LogP contribution in [0.3, 0.4) is 0 Å². The molecule has 1 saturated carbocycles. The predicted molar refractivity (Wildman–Crippen MR) is 87.3 cm³/mol. The van der Waals surface area contributed by atoms with Gasteiger partial charge in [-0.25, -0.2) is 4.79 Å². The number of rotatable bonds is 3. The third-order valence-electron chi connectivity index (χ3n) is 5.40.